The van der Waals surface area contributed by atoms with Crippen LogP contribution in [0, 0.1) is 6.92 Å². The number of nitrogens with zero attached hydrogens (tertiary/aromatic N) is 2. The molecule has 1 aromatic heterocycles. The van der Waals surface area contributed by atoms with Gasteiger partial charge in [0.2, 0.25) is 0 Å². The zero-order valence-electron chi connectivity index (χ0n) is 12.3. The van der Waals surface area contributed by atoms with Crippen molar-refractivity contribution < 1.29 is 5.11 Å². The summed E-state index contributed by atoms with van der Waals surface area (Å²) < 4.78 is 0. The Labute approximate surface area is 114 Å². The van der Waals surface area contributed by atoms with Gasteiger partial charge in [0.1, 0.15) is 0 Å². The molecule has 0 aliphatic rings. The summed E-state index contributed by atoms with van der Waals surface area (Å²) in [6.07, 6.45) is -0.426. The predicted molar refractivity (Wildman–Crippen MR) is 80.6 cm³/mol. The largest absolute Gasteiger partial charge is 0.391 e. The van der Waals surface area contributed by atoms with Crippen LogP contribution in [-0.4, -0.2) is 28.8 Å². The van der Waals surface area contributed by atoms with Gasteiger partial charge in [-0.1, -0.05) is 18.2 Å². The summed E-state index contributed by atoms with van der Waals surface area (Å²) in [7, 11) is 2.02. The van der Waals surface area contributed by atoms with Gasteiger partial charge in [-0.3, -0.25) is 4.98 Å². The zero-order chi connectivity index (χ0) is 14.2. The summed E-state index contributed by atoms with van der Waals surface area (Å²) in [5.41, 5.74) is 2.75. The molecule has 0 aliphatic heterocycles. The fraction of sp³-hybridized carbons (Fsp3) is 0.438. The lowest BCUT2D eigenvalue weighted by atomic mass is 9.95. The normalized spacial score (nSPS) is 13.6. The topological polar surface area (TPSA) is 36.4 Å². The fourth-order valence-corrected chi connectivity index (χ4v) is 2.15. The lowest BCUT2D eigenvalue weighted by Crippen LogP contribution is -2.49. The Kier molecular flexibility index (Phi) is 3.50. The van der Waals surface area contributed by atoms with E-state index in [0.717, 1.165) is 22.3 Å². The molecule has 1 heterocycles. The highest BCUT2D eigenvalue weighted by atomic mass is 16.3. The number of pyridine rings is 1. The first-order chi connectivity index (χ1) is 8.84. The Morgan fingerprint density at radius 2 is 1.89 bits per heavy atom. The molecule has 1 N–H and O–H groups in total. The first kappa shape index (κ1) is 13.8. The van der Waals surface area contributed by atoms with Crippen molar-refractivity contribution in [3.05, 3.63) is 36.0 Å². The predicted octanol–water partition coefficient (Wildman–Crippen LogP) is 3.14. The van der Waals surface area contributed by atoms with E-state index in [9.17, 15) is 5.11 Å². The van der Waals surface area contributed by atoms with Crippen molar-refractivity contribution >= 4 is 16.6 Å². The van der Waals surface area contributed by atoms with Gasteiger partial charge in [0.15, 0.2) is 0 Å². The van der Waals surface area contributed by atoms with Gasteiger partial charge in [-0.25, -0.2) is 0 Å². The molecule has 2 aromatic rings. The summed E-state index contributed by atoms with van der Waals surface area (Å²) >= 11 is 0. The van der Waals surface area contributed by atoms with Crippen molar-refractivity contribution in [2.45, 2.75) is 39.3 Å². The molecule has 0 amide bonds. The van der Waals surface area contributed by atoms with E-state index in [1.807, 2.05) is 52.9 Å². The van der Waals surface area contributed by atoms with E-state index < -0.39 is 6.10 Å². The number of aliphatic hydroxyl groups is 1. The highest BCUT2D eigenvalue weighted by molar-refractivity contribution is 5.92. The standard InChI is InChI=1S/C16H22N2O/c1-11-10-15(18(5)16(3,4)12(2)19)13-8-6-7-9-14(13)17-11/h6-10,12,19H,1-5H3. The number of aromatic nitrogens is 1. The zero-order valence-corrected chi connectivity index (χ0v) is 12.3. The van der Waals surface area contributed by atoms with Crippen LogP contribution in [0.3, 0.4) is 0 Å². The minimum atomic E-state index is -0.426. The third kappa shape index (κ3) is 2.43. The van der Waals surface area contributed by atoms with Crippen LogP contribution in [0.1, 0.15) is 26.5 Å². The number of fused-ring (bicyclic) bond motifs is 1. The quantitative estimate of drug-likeness (QED) is 0.919. The molecule has 0 saturated carbocycles. The van der Waals surface area contributed by atoms with Gasteiger partial charge in [0.25, 0.3) is 0 Å². The molecule has 2 rings (SSSR count). The molecule has 1 aromatic carbocycles. The van der Waals surface area contributed by atoms with Gasteiger partial charge in [-0.15, -0.1) is 0 Å². The van der Waals surface area contributed by atoms with Gasteiger partial charge >= 0.3 is 0 Å². The smallest absolute Gasteiger partial charge is 0.0738 e. The minimum absolute atomic E-state index is 0.337. The molecule has 0 saturated heterocycles. The molecule has 3 nitrogen and oxygen atoms in total. The maximum atomic E-state index is 10.00. The van der Waals surface area contributed by atoms with Crippen LogP contribution in [0.25, 0.3) is 10.9 Å². The first-order valence-electron chi connectivity index (χ1n) is 6.62. The summed E-state index contributed by atoms with van der Waals surface area (Å²) in [6.45, 7) is 7.91. The lowest BCUT2D eigenvalue weighted by molar-refractivity contribution is 0.118. The number of para-hydroxylation sites is 1. The molecule has 102 valence electrons. The molecule has 3 heteroatoms. The molecular formula is C16H22N2O. The van der Waals surface area contributed by atoms with Crippen LogP contribution in [-0.2, 0) is 0 Å². The summed E-state index contributed by atoms with van der Waals surface area (Å²) in [4.78, 5) is 6.69. The minimum Gasteiger partial charge on any atom is -0.391 e. The highest BCUT2D eigenvalue weighted by Crippen LogP contribution is 2.31. The molecule has 0 radical (unpaired) electrons. The maximum Gasteiger partial charge on any atom is 0.0738 e. The SMILES string of the molecule is Cc1cc(N(C)C(C)(C)C(C)O)c2ccccc2n1. The Morgan fingerprint density at radius 3 is 2.53 bits per heavy atom. The number of aliphatic hydroxyl groups excluding tert-OH is 1. The van der Waals surface area contributed by atoms with Gasteiger partial charge in [-0.05, 0) is 39.8 Å². The number of rotatable bonds is 3. The second kappa shape index (κ2) is 4.82. The molecule has 0 aliphatic carbocycles. The average Bonchev–Trinajstić information content (AvgIpc) is 2.36. The van der Waals surface area contributed by atoms with Crippen molar-refractivity contribution in [3.63, 3.8) is 0 Å². The van der Waals surface area contributed by atoms with E-state index in [1.165, 1.54) is 0 Å². The first-order valence-corrected chi connectivity index (χ1v) is 6.62. The molecule has 1 unspecified atom stereocenters. The Hall–Kier alpha value is -1.61. The second-order valence-electron chi connectivity index (χ2n) is 5.69. The van der Waals surface area contributed by atoms with E-state index in [0.29, 0.717) is 0 Å². The van der Waals surface area contributed by atoms with Gasteiger partial charge in [0.05, 0.1) is 17.2 Å². The van der Waals surface area contributed by atoms with E-state index in [4.69, 9.17) is 0 Å². The second-order valence-corrected chi connectivity index (χ2v) is 5.69. The van der Waals surface area contributed by atoms with Crippen LogP contribution >= 0.6 is 0 Å². The summed E-state index contributed by atoms with van der Waals surface area (Å²) in [5, 5.41) is 11.1. The Morgan fingerprint density at radius 1 is 1.26 bits per heavy atom. The number of benzene rings is 1. The fourth-order valence-electron chi connectivity index (χ4n) is 2.15. The van der Waals surface area contributed by atoms with Gasteiger partial charge in [0, 0.05) is 23.8 Å². The third-order valence-corrected chi connectivity index (χ3v) is 4.07. The van der Waals surface area contributed by atoms with Gasteiger partial charge < -0.3 is 10.0 Å². The number of hydrogen-bond acceptors (Lipinski definition) is 3. The van der Waals surface area contributed by atoms with Crippen molar-refractivity contribution in [2.24, 2.45) is 0 Å². The maximum absolute atomic E-state index is 10.00. The number of likely N-dealkylation sites (N-methyl/N-ethyl adjacent to an activating group) is 1. The van der Waals surface area contributed by atoms with Crippen molar-refractivity contribution in [3.8, 4) is 0 Å². The van der Waals surface area contributed by atoms with Crippen molar-refractivity contribution in [1.29, 1.82) is 0 Å². The third-order valence-electron chi connectivity index (χ3n) is 4.07. The van der Waals surface area contributed by atoms with Crippen LogP contribution < -0.4 is 4.90 Å². The van der Waals surface area contributed by atoms with Crippen LogP contribution in [0.2, 0.25) is 0 Å². The van der Waals surface area contributed by atoms with E-state index >= 15 is 0 Å². The van der Waals surface area contributed by atoms with Gasteiger partial charge in [-0.2, -0.15) is 0 Å². The average molecular weight is 258 g/mol. The Bertz CT molecular complexity index is 590. The molecule has 1 atom stereocenters. The molecular weight excluding hydrogens is 236 g/mol. The van der Waals surface area contributed by atoms with E-state index in [-0.39, 0.29) is 5.54 Å². The van der Waals surface area contributed by atoms with Crippen molar-refractivity contribution in [2.75, 3.05) is 11.9 Å². The van der Waals surface area contributed by atoms with E-state index in [1.54, 1.807) is 0 Å². The van der Waals surface area contributed by atoms with Crippen LogP contribution in [0.4, 0.5) is 5.69 Å². The number of hydrogen-bond donors (Lipinski definition) is 1. The van der Waals surface area contributed by atoms with E-state index in [2.05, 4.69) is 22.0 Å². The monoisotopic (exact) mass is 258 g/mol. The van der Waals surface area contributed by atoms with Crippen LogP contribution in [0.15, 0.2) is 30.3 Å². The molecule has 19 heavy (non-hydrogen) atoms. The molecule has 0 bridgehead atoms. The Balaban J connectivity index is 2.62. The van der Waals surface area contributed by atoms with Crippen molar-refractivity contribution in [1.82, 2.24) is 4.98 Å². The molecule has 0 spiro atoms. The summed E-state index contributed by atoms with van der Waals surface area (Å²) in [5.74, 6) is 0. The number of anilines is 1. The highest BCUT2D eigenvalue weighted by Gasteiger charge is 2.30. The number of aryl methyl sites for hydroxylation is 1. The molecule has 0 fully saturated rings. The lowest BCUT2D eigenvalue weighted by Gasteiger charge is -2.40. The summed E-state index contributed by atoms with van der Waals surface area (Å²) in [6, 6.07) is 10.2. The van der Waals surface area contributed by atoms with Crippen LogP contribution in [0.5, 0.6) is 0 Å².